The second-order valence-electron chi connectivity index (χ2n) is 8.57. The molecule has 0 aromatic carbocycles. The van der Waals surface area contributed by atoms with Crippen LogP contribution in [-0.2, 0) is 39.4 Å². The van der Waals surface area contributed by atoms with Crippen molar-refractivity contribution in [2.45, 2.75) is 56.7 Å². The summed E-state index contributed by atoms with van der Waals surface area (Å²) < 4.78 is 112. The summed E-state index contributed by atoms with van der Waals surface area (Å²) in [6.07, 6.45) is -12.5. The van der Waals surface area contributed by atoms with Gasteiger partial charge in [0.05, 0.1) is 18.3 Å². The average Bonchev–Trinajstić information content (AvgIpc) is 2.78. The van der Waals surface area contributed by atoms with Crippen molar-refractivity contribution in [2.75, 3.05) is 33.3 Å². The summed E-state index contributed by atoms with van der Waals surface area (Å²) in [7, 11) is 1.53. The van der Waals surface area contributed by atoms with Crippen molar-refractivity contribution in [1.29, 1.82) is 0 Å². The van der Waals surface area contributed by atoms with Crippen LogP contribution in [0, 0.1) is 0 Å². The smallest absolute Gasteiger partial charge is 0.367 e. The Hall–Kier alpha value is -2.62. The summed E-state index contributed by atoms with van der Waals surface area (Å²) in [5, 5.41) is 2.87. The lowest BCUT2D eigenvalue weighted by molar-refractivity contribution is -0.293. The predicted octanol–water partition coefficient (Wildman–Crippen LogP) is 2.26. The van der Waals surface area contributed by atoms with Crippen LogP contribution in [0.4, 0.5) is 35.1 Å². The number of alkyl halides is 8. The molecule has 0 radical (unpaired) electrons. The molecule has 0 aliphatic carbocycles. The monoisotopic (exact) mass is 533 g/mol. The number of amides is 2. The molecule has 16 heteroatoms. The van der Waals surface area contributed by atoms with E-state index >= 15 is 0 Å². The highest BCUT2D eigenvalue weighted by Gasteiger charge is 2.62. The summed E-state index contributed by atoms with van der Waals surface area (Å²) in [5.74, 6) is -8.96. The van der Waals surface area contributed by atoms with E-state index in [2.05, 4.69) is 15.3 Å². The third-order valence-electron chi connectivity index (χ3n) is 5.91. The molecule has 2 aliphatic heterocycles. The molecule has 1 aromatic heterocycles. The number of aromatic nitrogens is 2. The van der Waals surface area contributed by atoms with Crippen LogP contribution in [0.2, 0.25) is 0 Å². The maximum absolute atomic E-state index is 13.8. The van der Waals surface area contributed by atoms with Gasteiger partial charge in [-0.1, -0.05) is 0 Å². The molecule has 202 valence electrons. The molecule has 1 saturated heterocycles. The number of morpholine rings is 1. The van der Waals surface area contributed by atoms with E-state index in [1.807, 2.05) is 0 Å². The highest BCUT2D eigenvalue weighted by molar-refractivity contribution is 5.79. The topological polar surface area (TPSA) is 87.7 Å². The number of halogens is 8. The van der Waals surface area contributed by atoms with Gasteiger partial charge in [0.1, 0.15) is 6.61 Å². The number of carbonyl (C=O) groups is 2. The van der Waals surface area contributed by atoms with E-state index in [4.69, 9.17) is 4.74 Å². The SMILES string of the molecule is CN[C@@H](CC(=O)N1CCc2c(nc(C(F)(F)C(F)(F)F)nc2C(F)(F)F)C1)CN1C[C@H](C)OCC1=O. The Kier molecular flexibility index (Phi) is 7.79. The van der Waals surface area contributed by atoms with Gasteiger partial charge in [0, 0.05) is 37.7 Å². The Morgan fingerprint density at radius 1 is 1.17 bits per heavy atom. The van der Waals surface area contributed by atoms with Gasteiger partial charge in [0.2, 0.25) is 17.6 Å². The van der Waals surface area contributed by atoms with Crippen molar-refractivity contribution in [3.8, 4) is 0 Å². The van der Waals surface area contributed by atoms with Gasteiger partial charge < -0.3 is 19.9 Å². The van der Waals surface area contributed by atoms with Crippen LogP contribution in [0.1, 0.15) is 36.1 Å². The number of rotatable bonds is 6. The molecule has 36 heavy (non-hydrogen) atoms. The van der Waals surface area contributed by atoms with Crippen LogP contribution in [0.3, 0.4) is 0 Å². The lowest BCUT2D eigenvalue weighted by atomic mass is 10.0. The number of nitrogens with zero attached hydrogens (tertiary/aromatic N) is 4. The summed E-state index contributed by atoms with van der Waals surface area (Å²) in [4.78, 5) is 33.1. The molecule has 2 aliphatic rings. The largest absolute Gasteiger partial charge is 0.461 e. The third kappa shape index (κ3) is 5.85. The van der Waals surface area contributed by atoms with Crippen LogP contribution in [0.5, 0.6) is 0 Å². The molecule has 1 fully saturated rings. The maximum atomic E-state index is 13.8. The first-order chi connectivity index (χ1) is 16.5. The molecule has 3 heterocycles. The molecule has 0 unspecified atom stereocenters. The summed E-state index contributed by atoms with van der Waals surface area (Å²) in [6, 6.07) is -0.561. The van der Waals surface area contributed by atoms with Crippen LogP contribution in [0.15, 0.2) is 0 Å². The Bertz CT molecular complexity index is 1000. The minimum atomic E-state index is -6.22. The fraction of sp³-hybridized carbons (Fsp3) is 0.700. The fourth-order valence-corrected chi connectivity index (χ4v) is 3.95. The van der Waals surface area contributed by atoms with Crippen molar-refractivity contribution in [3.63, 3.8) is 0 Å². The molecule has 0 spiro atoms. The van der Waals surface area contributed by atoms with E-state index in [-0.39, 0.29) is 44.7 Å². The van der Waals surface area contributed by atoms with E-state index in [1.165, 1.54) is 11.9 Å². The zero-order valence-corrected chi connectivity index (χ0v) is 19.1. The summed E-state index contributed by atoms with van der Waals surface area (Å²) in [6.45, 7) is 1.09. The van der Waals surface area contributed by atoms with Crippen molar-refractivity contribution >= 4 is 11.8 Å². The van der Waals surface area contributed by atoms with Gasteiger partial charge in [-0.15, -0.1) is 0 Å². The second kappa shape index (κ2) is 10.0. The second-order valence-corrected chi connectivity index (χ2v) is 8.57. The van der Waals surface area contributed by atoms with Gasteiger partial charge in [0.25, 0.3) is 0 Å². The van der Waals surface area contributed by atoms with Crippen LogP contribution < -0.4 is 5.32 Å². The van der Waals surface area contributed by atoms with Gasteiger partial charge in [0.15, 0.2) is 5.69 Å². The first kappa shape index (κ1) is 28.0. The molecule has 2 atom stereocenters. The van der Waals surface area contributed by atoms with E-state index in [1.54, 1.807) is 6.92 Å². The first-order valence-corrected chi connectivity index (χ1v) is 10.8. The lowest BCUT2D eigenvalue weighted by Gasteiger charge is -2.35. The zero-order chi connectivity index (χ0) is 27.1. The van der Waals surface area contributed by atoms with Gasteiger partial charge in [-0.3, -0.25) is 9.59 Å². The van der Waals surface area contributed by atoms with E-state index in [9.17, 15) is 44.7 Å². The van der Waals surface area contributed by atoms with Crippen LogP contribution in [0.25, 0.3) is 0 Å². The number of fused-ring (bicyclic) bond motifs is 1. The molecular weight excluding hydrogens is 510 g/mol. The molecular formula is C20H23F8N5O3. The molecule has 8 nitrogen and oxygen atoms in total. The van der Waals surface area contributed by atoms with Crippen LogP contribution >= 0.6 is 0 Å². The van der Waals surface area contributed by atoms with Crippen LogP contribution in [-0.4, -0.2) is 83.2 Å². The Morgan fingerprint density at radius 3 is 2.42 bits per heavy atom. The highest BCUT2D eigenvalue weighted by Crippen LogP contribution is 2.44. The third-order valence-corrected chi connectivity index (χ3v) is 5.91. The van der Waals surface area contributed by atoms with Gasteiger partial charge in [-0.25, -0.2) is 9.97 Å². The molecule has 3 rings (SSSR count). The normalized spacial score (nSPS) is 20.4. The number of hydrogen-bond donors (Lipinski definition) is 1. The van der Waals surface area contributed by atoms with E-state index in [0.717, 1.165) is 4.90 Å². The number of hydrogen-bond acceptors (Lipinski definition) is 6. The average molecular weight is 533 g/mol. The summed E-state index contributed by atoms with van der Waals surface area (Å²) in [5.41, 5.74) is -3.24. The Morgan fingerprint density at radius 2 is 1.83 bits per heavy atom. The number of ether oxygens (including phenoxy) is 1. The molecule has 0 bridgehead atoms. The highest BCUT2D eigenvalue weighted by atomic mass is 19.4. The molecule has 2 amide bonds. The maximum Gasteiger partial charge on any atom is 0.461 e. The van der Waals surface area contributed by atoms with E-state index in [0.29, 0.717) is 0 Å². The minimum absolute atomic E-state index is 0.124. The van der Waals surface area contributed by atoms with Crippen molar-refractivity contribution in [3.05, 3.63) is 22.8 Å². The number of likely N-dealkylation sites (N-methyl/N-ethyl adjacent to an activating group) is 1. The fourth-order valence-electron chi connectivity index (χ4n) is 3.95. The van der Waals surface area contributed by atoms with Crippen molar-refractivity contribution in [1.82, 2.24) is 25.1 Å². The minimum Gasteiger partial charge on any atom is -0.367 e. The number of nitrogens with one attached hydrogen (secondary N) is 1. The number of carbonyl (C=O) groups excluding carboxylic acids is 2. The zero-order valence-electron chi connectivity index (χ0n) is 19.1. The quantitative estimate of drug-likeness (QED) is 0.565. The first-order valence-electron chi connectivity index (χ1n) is 10.8. The van der Waals surface area contributed by atoms with Crippen molar-refractivity contribution < 1.29 is 49.4 Å². The molecule has 1 N–H and O–H groups in total. The summed E-state index contributed by atoms with van der Waals surface area (Å²) >= 11 is 0. The lowest BCUT2D eigenvalue weighted by Crippen LogP contribution is -2.51. The molecule has 0 saturated carbocycles. The van der Waals surface area contributed by atoms with Gasteiger partial charge in [-0.2, -0.15) is 35.1 Å². The molecule has 1 aromatic rings. The van der Waals surface area contributed by atoms with Gasteiger partial charge >= 0.3 is 18.3 Å². The van der Waals surface area contributed by atoms with Crippen molar-refractivity contribution in [2.24, 2.45) is 0 Å². The van der Waals surface area contributed by atoms with E-state index < -0.39 is 66.0 Å². The van der Waals surface area contributed by atoms with Gasteiger partial charge in [-0.05, 0) is 20.4 Å². The Balaban J connectivity index is 1.82. The standard InChI is InChI=1S/C20H23F8N5O3/c1-10-6-33(15(35)9-36-10)7-11(29-2)5-14(34)32-4-3-12-13(8-32)30-17(18(21,22)20(26,27)28)31-16(12)19(23,24)25/h10-11,29H,3-9H2,1-2H3/t10-,11-/m0/s1. The predicted molar refractivity (Wildman–Crippen MR) is 106 cm³/mol. The Labute approximate surface area is 200 Å².